The molecule has 0 saturated carbocycles. The van der Waals surface area contributed by atoms with E-state index in [1.54, 1.807) is 11.3 Å². The smallest absolute Gasteiger partial charge is 0.108 e. The van der Waals surface area contributed by atoms with Gasteiger partial charge in [-0.05, 0) is 25.0 Å². The molecular weight excluding hydrogens is 228 g/mol. The van der Waals surface area contributed by atoms with E-state index < -0.39 is 0 Å². The first-order chi connectivity index (χ1) is 8.20. The van der Waals surface area contributed by atoms with E-state index in [4.69, 9.17) is 0 Å². The second-order valence-electron chi connectivity index (χ2n) is 4.63. The van der Waals surface area contributed by atoms with Crippen LogP contribution in [0.25, 0.3) is 10.2 Å². The maximum Gasteiger partial charge on any atom is 0.108 e. The van der Waals surface area contributed by atoms with Crippen LogP contribution < -0.4 is 5.32 Å². The van der Waals surface area contributed by atoms with Gasteiger partial charge in [-0.3, -0.25) is 0 Å². The third kappa shape index (κ3) is 3.05. The van der Waals surface area contributed by atoms with Crippen molar-refractivity contribution in [2.24, 2.45) is 5.92 Å². The van der Waals surface area contributed by atoms with Crippen molar-refractivity contribution in [1.29, 1.82) is 0 Å². The van der Waals surface area contributed by atoms with Gasteiger partial charge in [0.2, 0.25) is 0 Å². The Hall–Kier alpha value is -0.930. The van der Waals surface area contributed by atoms with Crippen molar-refractivity contribution in [3.63, 3.8) is 0 Å². The summed E-state index contributed by atoms with van der Waals surface area (Å²) in [5.41, 5.74) is 1.12. The summed E-state index contributed by atoms with van der Waals surface area (Å²) in [6.45, 7) is 7.66. The van der Waals surface area contributed by atoms with Crippen molar-refractivity contribution in [3.8, 4) is 0 Å². The van der Waals surface area contributed by atoms with Crippen molar-refractivity contribution >= 4 is 21.6 Å². The molecular formula is C14H20N2S. The Morgan fingerprint density at radius 3 is 2.76 bits per heavy atom. The molecule has 2 atom stereocenters. The average molecular weight is 248 g/mol. The Balaban J connectivity index is 1.99. The van der Waals surface area contributed by atoms with Gasteiger partial charge in [0, 0.05) is 12.6 Å². The van der Waals surface area contributed by atoms with Crippen LogP contribution in [0.2, 0.25) is 0 Å². The first kappa shape index (κ1) is 12.5. The van der Waals surface area contributed by atoms with Gasteiger partial charge in [-0.1, -0.05) is 32.4 Å². The van der Waals surface area contributed by atoms with Gasteiger partial charge in [-0.25, -0.2) is 4.98 Å². The summed E-state index contributed by atoms with van der Waals surface area (Å²) in [5, 5.41) is 4.74. The van der Waals surface area contributed by atoms with Crippen molar-refractivity contribution < 1.29 is 0 Å². The average Bonchev–Trinajstić information content (AvgIpc) is 2.77. The van der Waals surface area contributed by atoms with E-state index in [1.807, 2.05) is 6.07 Å². The molecule has 0 amide bonds. The summed E-state index contributed by atoms with van der Waals surface area (Å²) >= 11 is 1.78. The van der Waals surface area contributed by atoms with Crippen LogP contribution in [0.15, 0.2) is 24.3 Å². The zero-order valence-electron chi connectivity index (χ0n) is 10.7. The van der Waals surface area contributed by atoms with E-state index in [0.29, 0.717) is 12.0 Å². The molecule has 0 bridgehead atoms. The van der Waals surface area contributed by atoms with Crippen molar-refractivity contribution in [2.45, 2.75) is 39.8 Å². The highest BCUT2D eigenvalue weighted by atomic mass is 32.1. The molecule has 1 aromatic carbocycles. The molecule has 2 rings (SSSR count). The lowest BCUT2D eigenvalue weighted by Gasteiger charge is -2.18. The van der Waals surface area contributed by atoms with Gasteiger partial charge >= 0.3 is 0 Å². The van der Waals surface area contributed by atoms with Crippen LogP contribution >= 0.6 is 11.3 Å². The molecule has 1 N–H and O–H groups in total. The fourth-order valence-electron chi connectivity index (χ4n) is 1.80. The molecule has 92 valence electrons. The van der Waals surface area contributed by atoms with Crippen LogP contribution in [0.3, 0.4) is 0 Å². The number of aromatic nitrogens is 1. The van der Waals surface area contributed by atoms with Gasteiger partial charge in [-0.2, -0.15) is 0 Å². The number of para-hydroxylation sites is 1. The molecule has 3 heteroatoms. The quantitative estimate of drug-likeness (QED) is 0.870. The number of nitrogens with zero attached hydrogens (tertiary/aromatic N) is 1. The van der Waals surface area contributed by atoms with Gasteiger partial charge in [0.1, 0.15) is 5.01 Å². The van der Waals surface area contributed by atoms with Crippen molar-refractivity contribution in [1.82, 2.24) is 10.3 Å². The summed E-state index contributed by atoms with van der Waals surface area (Å²) in [6.07, 6.45) is 1.22. The summed E-state index contributed by atoms with van der Waals surface area (Å²) in [4.78, 5) is 4.63. The van der Waals surface area contributed by atoms with Crippen LogP contribution in [0.1, 0.15) is 32.2 Å². The van der Waals surface area contributed by atoms with Gasteiger partial charge in [0.05, 0.1) is 10.2 Å². The topological polar surface area (TPSA) is 24.9 Å². The highest BCUT2D eigenvalue weighted by Gasteiger charge is 2.10. The minimum atomic E-state index is 0.548. The Morgan fingerprint density at radius 1 is 1.29 bits per heavy atom. The highest BCUT2D eigenvalue weighted by Crippen LogP contribution is 2.21. The lowest BCUT2D eigenvalue weighted by atomic mass is 10.0. The number of hydrogen-bond donors (Lipinski definition) is 1. The summed E-state index contributed by atoms with van der Waals surface area (Å²) < 4.78 is 1.28. The normalized spacial score (nSPS) is 15.0. The SMILES string of the molecule is CCC(C)C(C)NCc1nc2ccccc2s1. The van der Waals surface area contributed by atoms with Crippen molar-refractivity contribution in [3.05, 3.63) is 29.3 Å². The molecule has 2 aromatic rings. The minimum Gasteiger partial charge on any atom is -0.308 e. The molecule has 1 aromatic heterocycles. The largest absolute Gasteiger partial charge is 0.308 e. The number of benzene rings is 1. The first-order valence-electron chi connectivity index (χ1n) is 6.28. The second kappa shape index (κ2) is 5.61. The van der Waals surface area contributed by atoms with Crippen LogP contribution in [-0.4, -0.2) is 11.0 Å². The van der Waals surface area contributed by atoms with Crippen LogP contribution in [0.4, 0.5) is 0 Å². The van der Waals surface area contributed by atoms with Gasteiger partial charge in [0.25, 0.3) is 0 Å². The number of thiazole rings is 1. The zero-order chi connectivity index (χ0) is 12.3. The Labute approximate surface area is 107 Å². The van der Waals surface area contributed by atoms with Crippen LogP contribution in [-0.2, 0) is 6.54 Å². The lowest BCUT2D eigenvalue weighted by molar-refractivity contribution is 0.389. The van der Waals surface area contributed by atoms with E-state index in [2.05, 4.69) is 49.3 Å². The highest BCUT2D eigenvalue weighted by molar-refractivity contribution is 7.18. The number of hydrogen-bond acceptors (Lipinski definition) is 3. The van der Waals surface area contributed by atoms with Crippen LogP contribution in [0, 0.1) is 5.92 Å². The first-order valence-corrected chi connectivity index (χ1v) is 7.10. The summed E-state index contributed by atoms with van der Waals surface area (Å²) in [5.74, 6) is 0.712. The Kier molecular flexibility index (Phi) is 4.13. The molecule has 0 spiro atoms. The molecule has 17 heavy (non-hydrogen) atoms. The van der Waals surface area contributed by atoms with Gasteiger partial charge < -0.3 is 5.32 Å². The predicted octanol–water partition coefficient (Wildman–Crippen LogP) is 3.82. The fraction of sp³-hybridized carbons (Fsp3) is 0.500. The zero-order valence-corrected chi connectivity index (χ0v) is 11.6. The summed E-state index contributed by atoms with van der Waals surface area (Å²) in [7, 11) is 0. The number of fused-ring (bicyclic) bond motifs is 1. The molecule has 0 aliphatic carbocycles. The second-order valence-corrected chi connectivity index (χ2v) is 5.75. The van der Waals surface area contributed by atoms with E-state index in [0.717, 1.165) is 12.1 Å². The van der Waals surface area contributed by atoms with E-state index in [1.165, 1.54) is 16.1 Å². The predicted molar refractivity (Wildman–Crippen MR) is 75.4 cm³/mol. The maximum atomic E-state index is 4.63. The molecule has 2 nitrogen and oxygen atoms in total. The molecule has 0 aliphatic heterocycles. The van der Waals surface area contributed by atoms with Crippen LogP contribution in [0.5, 0.6) is 0 Å². The van der Waals surface area contributed by atoms with E-state index >= 15 is 0 Å². The molecule has 0 radical (unpaired) electrons. The molecule has 0 fully saturated rings. The molecule has 0 saturated heterocycles. The Morgan fingerprint density at radius 2 is 2.06 bits per heavy atom. The number of nitrogens with one attached hydrogen (secondary N) is 1. The van der Waals surface area contributed by atoms with Gasteiger partial charge in [0.15, 0.2) is 0 Å². The lowest BCUT2D eigenvalue weighted by Crippen LogP contribution is -2.31. The third-order valence-corrected chi connectivity index (χ3v) is 4.45. The third-order valence-electron chi connectivity index (χ3n) is 3.41. The fourth-order valence-corrected chi connectivity index (χ4v) is 2.72. The monoisotopic (exact) mass is 248 g/mol. The minimum absolute atomic E-state index is 0.548. The van der Waals surface area contributed by atoms with Crippen molar-refractivity contribution in [2.75, 3.05) is 0 Å². The molecule has 1 heterocycles. The number of rotatable bonds is 5. The Bertz CT molecular complexity index is 445. The summed E-state index contributed by atoms with van der Waals surface area (Å²) in [6, 6.07) is 8.87. The molecule has 2 unspecified atom stereocenters. The van der Waals surface area contributed by atoms with E-state index in [-0.39, 0.29) is 0 Å². The molecule has 0 aliphatic rings. The van der Waals surface area contributed by atoms with Gasteiger partial charge in [-0.15, -0.1) is 11.3 Å². The standard InChI is InChI=1S/C14H20N2S/c1-4-10(2)11(3)15-9-14-16-12-7-5-6-8-13(12)17-14/h5-8,10-11,15H,4,9H2,1-3H3. The van der Waals surface area contributed by atoms with E-state index in [9.17, 15) is 0 Å². The maximum absolute atomic E-state index is 4.63.